The first-order valence-electron chi connectivity index (χ1n) is 10.2. The quantitative estimate of drug-likeness (QED) is 0.578. The van der Waals surface area contributed by atoms with Crippen LogP contribution in [-0.2, 0) is 10.0 Å². The first-order valence-corrected chi connectivity index (χ1v) is 11.7. The lowest BCUT2D eigenvalue weighted by Crippen LogP contribution is -2.49. The van der Waals surface area contributed by atoms with Crippen LogP contribution in [0, 0.1) is 13.8 Å². The van der Waals surface area contributed by atoms with Crippen molar-refractivity contribution >= 4 is 15.8 Å². The third-order valence-corrected chi connectivity index (χ3v) is 7.09. The van der Waals surface area contributed by atoms with Gasteiger partial charge in [-0.2, -0.15) is 9.40 Å². The Bertz CT molecular complexity index is 1160. The number of sulfonamides is 1. The van der Waals surface area contributed by atoms with Crippen molar-refractivity contribution in [1.29, 1.82) is 0 Å². The zero-order chi connectivity index (χ0) is 22.0. The second-order valence-corrected chi connectivity index (χ2v) is 9.27. The first kappa shape index (κ1) is 21.3. The van der Waals surface area contributed by atoms with Gasteiger partial charge in [-0.1, -0.05) is 0 Å². The van der Waals surface area contributed by atoms with Crippen LogP contribution >= 0.6 is 0 Å². The molecule has 3 aromatic rings. The average Bonchev–Trinajstić information content (AvgIpc) is 3.30. The summed E-state index contributed by atoms with van der Waals surface area (Å²) < 4.78 is 35.0. The topological polar surface area (TPSA) is 93.5 Å². The van der Waals surface area contributed by atoms with E-state index in [-0.39, 0.29) is 0 Å². The van der Waals surface area contributed by atoms with Crippen LogP contribution in [0.25, 0.3) is 5.82 Å². The Hall–Kier alpha value is -2.98. The second kappa shape index (κ2) is 8.64. The first-order chi connectivity index (χ1) is 14.9. The van der Waals surface area contributed by atoms with Gasteiger partial charge in [0.05, 0.1) is 11.5 Å². The summed E-state index contributed by atoms with van der Waals surface area (Å²) >= 11 is 0. The van der Waals surface area contributed by atoms with Gasteiger partial charge in [0.25, 0.3) is 0 Å². The molecule has 0 unspecified atom stereocenters. The standard InChI is InChI=1S/C21H26N6O3S/c1-4-30-19-7-6-18(14-16(19)2)31(28,29)26-12-10-25(11-13-26)20-15-21(24-17(3)23-20)27-9-5-8-22-27/h5-9,14-15H,4,10-13H2,1-3H3. The van der Waals surface area contributed by atoms with Gasteiger partial charge in [-0.15, -0.1) is 0 Å². The summed E-state index contributed by atoms with van der Waals surface area (Å²) in [6, 6.07) is 8.73. The van der Waals surface area contributed by atoms with E-state index in [4.69, 9.17) is 4.74 Å². The summed E-state index contributed by atoms with van der Waals surface area (Å²) in [5.74, 6) is 2.81. The molecule has 0 spiro atoms. The Balaban J connectivity index is 1.49. The predicted octanol–water partition coefficient (Wildman–Crippen LogP) is 2.19. The van der Waals surface area contributed by atoms with Gasteiger partial charge in [0.1, 0.15) is 17.4 Å². The van der Waals surface area contributed by atoms with Gasteiger partial charge < -0.3 is 9.64 Å². The van der Waals surface area contributed by atoms with Crippen molar-refractivity contribution in [3.63, 3.8) is 0 Å². The van der Waals surface area contributed by atoms with Crippen LogP contribution in [0.4, 0.5) is 5.82 Å². The Morgan fingerprint density at radius 2 is 1.77 bits per heavy atom. The van der Waals surface area contributed by atoms with Crippen molar-refractivity contribution in [2.24, 2.45) is 0 Å². The number of nitrogens with zero attached hydrogens (tertiary/aromatic N) is 6. The van der Waals surface area contributed by atoms with E-state index in [2.05, 4.69) is 20.0 Å². The van der Waals surface area contributed by atoms with Gasteiger partial charge in [-0.3, -0.25) is 0 Å². The smallest absolute Gasteiger partial charge is 0.243 e. The number of aryl methyl sites for hydroxylation is 2. The Morgan fingerprint density at radius 3 is 2.42 bits per heavy atom. The van der Waals surface area contributed by atoms with Crippen LogP contribution < -0.4 is 9.64 Å². The van der Waals surface area contributed by atoms with Crippen molar-refractivity contribution in [1.82, 2.24) is 24.1 Å². The van der Waals surface area contributed by atoms with Gasteiger partial charge in [0.2, 0.25) is 10.0 Å². The van der Waals surface area contributed by atoms with E-state index in [0.717, 1.165) is 11.4 Å². The van der Waals surface area contributed by atoms with E-state index < -0.39 is 10.0 Å². The lowest BCUT2D eigenvalue weighted by atomic mass is 10.2. The molecule has 0 bridgehead atoms. The monoisotopic (exact) mass is 442 g/mol. The maximum absolute atomic E-state index is 13.1. The molecule has 0 radical (unpaired) electrons. The highest BCUT2D eigenvalue weighted by atomic mass is 32.2. The van der Waals surface area contributed by atoms with E-state index in [9.17, 15) is 8.42 Å². The molecule has 0 N–H and O–H groups in total. The lowest BCUT2D eigenvalue weighted by Gasteiger charge is -2.34. The maximum atomic E-state index is 13.1. The minimum Gasteiger partial charge on any atom is -0.494 e. The van der Waals surface area contributed by atoms with Crippen molar-refractivity contribution in [3.05, 3.63) is 54.1 Å². The number of hydrogen-bond donors (Lipinski definition) is 0. The molecule has 4 rings (SSSR count). The van der Waals surface area contributed by atoms with E-state index >= 15 is 0 Å². The highest BCUT2D eigenvalue weighted by Crippen LogP contribution is 2.25. The van der Waals surface area contributed by atoms with Gasteiger partial charge in [0, 0.05) is 44.6 Å². The molecular formula is C21H26N6O3S. The van der Waals surface area contributed by atoms with Gasteiger partial charge in [-0.25, -0.2) is 23.1 Å². The van der Waals surface area contributed by atoms with E-state index in [1.54, 1.807) is 29.1 Å². The second-order valence-electron chi connectivity index (χ2n) is 7.33. The molecule has 0 saturated carbocycles. The third kappa shape index (κ3) is 4.40. The minimum atomic E-state index is -3.57. The largest absolute Gasteiger partial charge is 0.494 e. The Labute approximate surface area is 182 Å². The van der Waals surface area contributed by atoms with Gasteiger partial charge >= 0.3 is 0 Å². The molecule has 31 heavy (non-hydrogen) atoms. The van der Waals surface area contributed by atoms with Crippen LogP contribution in [-0.4, -0.2) is 65.3 Å². The minimum absolute atomic E-state index is 0.292. The lowest BCUT2D eigenvalue weighted by molar-refractivity contribution is 0.337. The molecular weight excluding hydrogens is 416 g/mol. The normalized spacial score (nSPS) is 15.3. The molecule has 10 heteroatoms. The van der Waals surface area contributed by atoms with Crippen LogP contribution in [0.1, 0.15) is 18.3 Å². The average molecular weight is 443 g/mol. The molecule has 1 aromatic carbocycles. The molecule has 9 nitrogen and oxygen atoms in total. The number of hydrogen-bond acceptors (Lipinski definition) is 7. The fourth-order valence-corrected chi connectivity index (χ4v) is 5.13. The highest BCUT2D eigenvalue weighted by molar-refractivity contribution is 7.89. The van der Waals surface area contributed by atoms with E-state index in [0.29, 0.717) is 55.1 Å². The summed E-state index contributed by atoms with van der Waals surface area (Å²) in [5, 5.41) is 4.23. The summed E-state index contributed by atoms with van der Waals surface area (Å²) in [6.07, 6.45) is 3.53. The van der Waals surface area contributed by atoms with Gasteiger partial charge in [0.15, 0.2) is 5.82 Å². The van der Waals surface area contributed by atoms with Crippen LogP contribution in [0.3, 0.4) is 0 Å². The summed E-state index contributed by atoms with van der Waals surface area (Å²) in [4.78, 5) is 11.4. The zero-order valence-electron chi connectivity index (χ0n) is 17.9. The zero-order valence-corrected chi connectivity index (χ0v) is 18.7. The number of anilines is 1. The molecule has 1 aliphatic heterocycles. The molecule has 1 saturated heterocycles. The van der Waals surface area contributed by atoms with Crippen molar-refractivity contribution < 1.29 is 13.2 Å². The number of benzene rings is 1. The van der Waals surface area contributed by atoms with Gasteiger partial charge in [-0.05, 0) is 50.6 Å². The predicted molar refractivity (Wildman–Crippen MR) is 117 cm³/mol. The molecule has 0 aliphatic carbocycles. The van der Waals surface area contributed by atoms with E-state index in [1.165, 1.54) is 4.31 Å². The number of piperazine rings is 1. The molecule has 1 fully saturated rings. The fraction of sp³-hybridized carbons (Fsp3) is 0.381. The number of rotatable bonds is 6. The Kier molecular flexibility index (Phi) is 5.92. The molecule has 3 heterocycles. The molecule has 1 aliphatic rings. The van der Waals surface area contributed by atoms with Crippen molar-refractivity contribution in [2.45, 2.75) is 25.7 Å². The summed E-state index contributed by atoms with van der Waals surface area (Å²) in [5.41, 5.74) is 0.809. The number of ether oxygens (including phenoxy) is 1. The van der Waals surface area contributed by atoms with Crippen LogP contribution in [0.15, 0.2) is 47.6 Å². The summed E-state index contributed by atoms with van der Waals surface area (Å²) in [6.45, 7) is 8.00. The summed E-state index contributed by atoms with van der Waals surface area (Å²) in [7, 11) is -3.57. The maximum Gasteiger partial charge on any atom is 0.243 e. The van der Waals surface area contributed by atoms with Crippen LogP contribution in [0.2, 0.25) is 0 Å². The SMILES string of the molecule is CCOc1ccc(S(=O)(=O)N2CCN(c3cc(-n4cccn4)nc(C)n3)CC2)cc1C. The van der Waals surface area contributed by atoms with E-state index in [1.807, 2.05) is 39.1 Å². The highest BCUT2D eigenvalue weighted by Gasteiger charge is 2.29. The molecule has 164 valence electrons. The van der Waals surface area contributed by atoms with Crippen molar-refractivity contribution in [2.75, 3.05) is 37.7 Å². The fourth-order valence-electron chi connectivity index (χ4n) is 3.63. The molecule has 2 aromatic heterocycles. The van der Waals surface area contributed by atoms with Crippen molar-refractivity contribution in [3.8, 4) is 11.6 Å². The third-order valence-electron chi connectivity index (χ3n) is 5.20. The number of aromatic nitrogens is 4. The molecule has 0 amide bonds. The Morgan fingerprint density at radius 1 is 1.03 bits per heavy atom. The van der Waals surface area contributed by atoms with Crippen LogP contribution in [0.5, 0.6) is 5.75 Å². The molecule has 0 atom stereocenters.